The molecule has 38 heavy (non-hydrogen) atoms. The molecule has 1 amide bonds. The minimum atomic E-state index is -2.72. The third-order valence-corrected chi connectivity index (χ3v) is 8.42. The average molecular weight is 520 g/mol. The number of hydrogen-bond acceptors (Lipinski definition) is 9. The normalized spacial score (nSPS) is 30.6. The van der Waals surface area contributed by atoms with Gasteiger partial charge >= 0.3 is 0 Å². The summed E-state index contributed by atoms with van der Waals surface area (Å²) in [6.07, 6.45) is 3.11. The Morgan fingerprint density at radius 3 is 2.47 bits per heavy atom. The van der Waals surface area contributed by atoms with E-state index < -0.39 is 64.4 Å². The number of primary amides is 1. The van der Waals surface area contributed by atoms with Crippen LogP contribution in [0.2, 0.25) is 0 Å². The highest BCUT2D eigenvalue weighted by Crippen LogP contribution is 2.51. The molecule has 0 bridgehead atoms. The molecule has 5 rings (SSSR count). The van der Waals surface area contributed by atoms with Crippen molar-refractivity contribution in [3.05, 3.63) is 58.9 Å². The Labute approximate surface area is 218 Å². The number of aromatic hydroxyl groups is 1. The first-order valence-electron chi connectivity index (χ1n) is 12.6. The van der Waals surface area contributed by atoms with Crippen molar-refractivity contribution in [3.63, 3.8) is 0 Å². The Hall–Kier alpha value is -3.76. The van der Waals surface area contributed by atoms with E-state index in [9.17, 15) is 34.2 Å². The number of ketones is 4. The van der Waals surface area contributed by atoms with Crippen molar-refractivity contribution >= 4 is 29.0 Å². The van der Waals surface area contributed by atoms with E-state index in [-0.39, 0.29) is 24.2 Å². The highest BCUT2D eigenvalue weighted by Gasteiger charge is 2.69. The molecule has 1 heterocycles. The zero-order valence-corrected chi connectivity index (χ0v) is 21.1. The van der Waals surface area contributed by atoms with Gasteiger partial charge in [-0.25, -0.2) is 0 Å². The van der Waals surface area contributed by atoms with Crippen molar-refractivity contribution in [1.82, 2.24) is 9.88 Å². The monoisotopic (exact) mass is 519 g/mol. The molecule has 198 valence electrons. The van der Waals surface area contributed by atoms with Crippen LogP contribution in [0.1, 0.15) is 33.6 Å². The van der Waals surface area contributed by atoms with Crippen LogP contribution in [0.3, 0.4) is 0 Å². The SMILES string of the molecule is CN(C)[C@H]1C(=O)C(C(N)=O)C(=O)[C@]2(O)C(=O)C3C(=O)c4c(O)ccc(CCc5ccccn5)c4C[C@@H]3C[C@H]12. The zero-order chi connectivity index (χ0) is 27.5. The number of phenolic OH excluding ortho intramolecular Hbond substituents is 1. The Morgan fingerprint density at radius 1 is 1.11 bits per heavy atom. The van der Waals surface area contributed by atoms with Gasteiger partial charge in [-0.05, 0) is 75.0 Å². The Balaban J connectivity index is 1.56. The van der Waals surface area contributed by atoms with Gasteiger partial charge in [0.1, 0.15) is 5.75 Å². The number of Topliss-reactive ketones (excluding diaryl/α,β-unsaturated/α-hetero) is 4. The number of aryl methyl sites for hydroxylation is 2. The number of hydrogen-bond donors (Lipinski definition) is 3. The van der Waals surface area contributed by atoms with Crippen LogP contribution in [0.25, 0.3) is 0 Å². The largest absolute Gasteiger partial charge is 0.507 e. The Bertz CT molecular complexity index is 1370. The molecule has 1 aromatic heterocycles. The third kappa shape index (κ3) is 3.70. The molecule has 2 aromatic rings. The molecule has 3 aliphatic carbocycles. The number of nitrogens with two attached hydrogens (primary N) is 1. The molecule has 0 saturated heterocycles. The van der Waals surface area contributed by atoms with Gasteiger partial charge in [0.25, 0.3) is 0 Å². The van der Waals surface area contributed by atoms with Gasteiger partial charge in [-0.2, -0.15) is 0 Å². The molecule has 0 aliphatic heterocycles. The van der Waals surface area contributed by atoms with Crippen LogP contribution < -0.4 is 5.73 Å². The van der Waals surface area contributed by atoms with Crippen LogP contribution in [-0.2, 0) is 38.4 Å². The van der Waals surface area contributed by atoms with E-state index in [1.165, 1.54) is 11.0 Å². The van der Waals surface area contributed by atoms with Gasteiger partial charge in [-0.1, -0.05) is 12.1 Å². The number of amides is 1. The summed E-state index contributed by atoms with van der Waals surface area (Å²) in [6, 6.07) is 7.63. The zero-order valence-electron chi connectivity index (χ0n) is 21.1. The molecule has 6 atom stereocenters. The van der Waals surface area contributed by atoms with Crippen LogP contribution in [0.4, 0.5) is 0 Å². The van der Waals surface area contributed by atoms with E-state index in [4.69, 9.17) is 5.73 Å². The molecule has 2 saturated carbocycles. The van der Waals surface area contributed by atoms with Crippen molar-refractivity contribution in [2.24, 2.45) is 29.4 Å². The summed E-state index contributed by atoms with van der Waals surface area (Å²) in [4.78, 5) is 71.9. The summed E-state index contributed by atoms with van der Waals surface area (Å²) in [7, 11) is 3.12. The van der Waals surface area contributed by atoms with Gasteiger partial charge < -0.3 is 15.9 Å². The van der Waals surface area contributed by atoms with Crippen LogP contribution in [0.15, 0.2) is 36.5 Å². The van der Waals surface area contributed by atoms with Gasteiger partial charge in [0.05, 0.1) is 17.5 Å². The van der Waals surface area contributed by atoms with Crippen molar-refractivity contribution in [1.29, 1.82) is 0 Å². The molecule has 10 heteroatoms. The number of carbonyl (C=O) groups excluding carboxylic acids is 5. The van der Waals surface area contributed by atoms with E-state index in [2.05, 4.69) is 4.98 Å². The van der Waals surface area contributed by atoms with Gasteiger partial charge in [-0.15, -0.1) is 0 Å². The lowest BCUT2D eigenvalue weighted by Crippen LogP contribution is -2.74. The van der Waals surface area contributed by atoms with E-state index >= 15 is 0 Å². The van der Waals surface area contributed by atoms with E-state index in [0.29, 0.717) is 18.4 Å². The highest BCUT2D eigenvalue weighted by atomic mass is 16.3. The second kappa shape index (κ2) is 9.21. The standard InChI is InChI=1S/C28H29N3O7/c1-31(2)22-17-12-14-11-16-13(6-8-15-5-3-4-10-30-15)7-9-18(32)20(16)23(33)19(14)25(35)28(17,38)26(36)21(24(22)34)27(29)37/h3-5,7,9-10,14,17,19,21-22,32,38H,6,8,11-12H2,1-2H3,(H2,29,37)/t14-,17-,19?,21?,22-,28-/m1/s1. The van der Waals surface area contributed by atoms with E-state index in [1.54, 1.807) is 26.4 Å². The number of aliphatic hydroxyl groups is 1. The predicted molar refractivity (Wildman–Crippen MR) is 133 cm³/mol. The molecule has 3 aliphatic rings. The number of pyridine rings is 1. The van der Waals surface area contributed by atoms with Crippen molar-refractivity contribution in [2.75, 3.05) is 14.1 Å². The quantitative estimate of drug-likeness (QED) is 0.462. The highest BCUT2D eigenvalue weighted by molar-refractivity contribution is 6.32. The topological polar surface area (TPSA) is 168 Å². The summed E-state index contributed by atoms with van der Waals surface area (Å²) in [5.74, 6) is -10.4. The van der Waals surface area contributed by atoms with Crippen molar-refractivity contribution in [2.45, 2.75) is 37.3 Å². The van der Waals surface area contributed by atoms with Crippen LogP contribution in [-0.4, -0.2) is 74.9 Å². The number of carbonyl (C=O) groups is 5. The predicted octanol–water partition coefficient (Wildman–Crippen LogP) is 0.0472. The lowest BCUT2D eigenvalue weighted by Gasteiger charge is -2.52. The third-order valence-electron chi connectivity index (χ3n) is 8.42. The smallest absolute Gasteiger partial charge is 0.235 e. The van der Waals surface area contributed by atoms with Gasteiger partial charge in [0, 0.05) is 17.8 Å². The van der Waals surface area contributed by atoms with Gasteiger partial charge in [0.15, 0.2) is 34.7 Å². The second-order valence-corrected chi connectivity index (χ2v) is 10.7. The fraction of sp³-hybridized carbons (Fsp3) is 0.429. The fourth-order valence-corrected chi connectivity index (χ4v) is 6.71. The van der Waals surface area contributed by atoms with Crippen LogP contribution >= 0.6 is 0 Å². The van der Waals surface area contributed by atoms with Gasteiger partial charge in [-0.3, -0.25) is 33.9 Å². The van der Waals surface area contributed by atoms with E-state index in [1.807, 2.05) is 18.2 Å². The number of benzene rings is 1. The molecule has 0 spiro atoms. The maximum absolute atomic E-state index is 13.8. The Kier molecular flexibility index (Phi) is 6.27. The molecular formula is C28H29N3O7. The van der Waals surface area contributed by atoms with Crippen LogP contribution in [0.5, 0.6) is 5.75 Å². The minimum absolute atomic E-state index is 0.00937. The molecule has 10 nitrogen and oxygen atoms in total. The Morgan fingerprint density at radius 2 is 1.84 bits per heavy atom. The first-order chi connectivity index (χ1) is 18.0. The number of rotatable bonds is 5. The number of aromatic nitrogens is 1. The summed E-state index contributed by atoms with van der Waals surface area (Å²) < 4.78 is 0. The van der Waals surface area contributed by atoms with E-state index in [0.717, 1.165) is 11.3 Å². The molecule has 2 fully saturated rings. The minimum Gasteiger partial charge on any atom is -0.507 e. The first kappa shape index (κ1) is 25.9. The molecule has 1 aromatic carbocycles. The van der Waals surface area contributed by atoms with Crippen molar-refractivity contribution < 1.29 is 34.2 Å². The summed E-state index contributed by atoms with van der Waals surface area (Å²) in [5.41, 5.74) is 4.95. The fourth-order valence-electron chi connectivity index (χ4n) is 6.71. The summed E-state index contributed by atoms with van der Waals surface area (Å²) in [6.45, 7) is 0. The second-order valence-electron chi connectivity index (χ2n) is 10.7. The number of phenols is 1. The maximum Gasteiger partial charge on any atom is 0.235 e. The lowest BCUT2D eigenvalue weighted by atomic mass is 9.52. The number of fused-ring (bicyclic) bond motifs is 3. The number of nitrogens with zero attached hydrogens (tertiary/aromatic N) is 2. The van der Waals surface area contributed by atoms with Gasteiger partial charge in [0.2, 0.25) is 5.91 Å². The molecule has 2 unspecified atom stereocenters. The van der Waals surface area contributed by atoms with Crippen LogP contribution in [0, 0.1) is 23.7 Å². The lowest BCUT2D eigenvalue weighted by molar-refractivity contribution is -0.181. The molecule has 0 radical (unpaired) electrons. The average Bonchev–Trinajstić information content (AvgIpc) is 2.86. The number of likely N-dealkylation sites (N-methyl/N-ethyl adjacent to an activating group) is 1. The van der Waals surface area contributed by atoms with Crippen molar-refractivity contribution in [3.8, 4) is 5.75 Å². The molecular weight excluding hydrogens is 490 g/mol. The maximum atomic E-state index is 13.8. The summed E-state index contributed by atoms with van der Waals surface area (Å²) >= 11 is 0. The molecule has 4 N–H and O–H groups in total. The first-order valence-corrected chi connectivity index (χ1v) is 12.6. The summed E-state index contributed by atoms with van der Waals surface area (Å²) in [5, 5.41) is 22.3.